The minimum Gasteiger partial charge on any atom is -0.307 e. The molecule has 2 rings (SSSR count). The van der Waals surface area contributed by atoms with Crippen LogP contribution in [0.3, 0.4) is 0 Å². The van der Waals surface area contributed by atoms with Crippen molar-refractivity contribution in [1.82, 2.24) is 10.6 Å². The van der Waals surface area contributed by atoms with E-state index in [-0.39, 0.29) is 11.1 Å². The predicted octanol–water partition coefficient (Wildman–Crippen LogP) is 4.02. The maximum Gasteiger partial charge on any atom is 0.0390 e. The molecule has 1 aliphatic heterocycles. The molecule has 3 heteroatoms. The van der Waals surface area contributed by atoms with Crippen LogP contribution in [0.2, 0.25) is 0 Å². The average molecular weight is 280 g/mol. The van der Waals surface area contributed by atoms with Gasteiger partial charge in [-0.1, -0.05) is 0 Å². The summed E-state index contributed by atoms with van der Waals surface area (Å²) in [6.07, 6.45) is 2.37. The Morgan fingerprint density at radius 2 is 1.84 bits per heavy atom. The molecule has 1 aromatic heterocycles. The molecule has 1 saturated heterocycles. The Kier molecular flexibility index (Phi) is 4.10. The summed E-state index contributed by atoms with van der Waals surface area (Å²) < 4.78 is 0. The van der Waals surface area contributed by atoms with Crippen molar-refractivity contribution in [2.24, 2.45) is 0 Å². The van der Waals surface area contributed by atoms with Crippen LogP contribution >= 0.6 is 11.3 Å². The van der Waals surface area contributed by atoms with Gasteiger partial charge >= 0.3 is 0 Å². The fourth-order valence-electron chi connectivity index (χ4n) is 3.70. The van der Waals surface area contributed by atoms with E-state index in [1.807, 2.05) is 11.3 Å². The maximum absolute atomic E-state index is 3.84. The van der Waals surface area contributed by atoms with E-state index in [1.165, 1.54) is 23.3 Å². The topological polar surface area (TPSA) is 24.1 Å². The third-order valence-electron chi connectivity index (χ3n) is 3.97. The molecule has 0 saturated carbocycles. The van der Waals surface area contributed by atoms with E-state index in [0.717, 1.165) is 0 Å². The molecule has 1 atom stereocenters. The molecule has 1 aliphatic rings. The van der Waals surface area contributed by atoms with E-state index in [0.29, 0.717) is 12.1 Å². The second-order valence-electron chi connectivity index (χ2n) is 7.35. The standard InChI is InChI=1S/C16H28N2S/c1-11-7-8-19-14(11)12(2)17-13-9-15(3,4)18-16(5,6)10-13/h7-8,12-13,17-18H,9-10H2,1-6H3. The van der Waals surface area contributed by atoms with Gasteiger partial charge in [0.2, 0.25) is 0 Å². The van der Waals surface area contributed by atoms with Gasteiger partial charge in [-0.05, 0) is 71.4 Å². The van der Waals surface area contributed by atoms with E-state index in [4.69, 9.17) is 0 Å². The predicted molar refractivity (Wildman–Crippen MR) is 84.9 cm³/mol. The number of aryl methyl sites for hydroxylation is 1. The number of hydrogen-bond acceptors (Lipinski definition) is 3. The highest BCUT2D eigenvalue weighted by Crippen LogP contribution is 2.31. The first-order chi connectivity index (χ1) is 8.69. The highest BCUT2D eigenvalue weighted by atomic mass is 32.1. The number of hydrogen-bond donors (Lipinski definition) is 2. The van der Waals surface area contributed by atoms with Crippen LogP contribution in [0.1, 0.15) is 63.9 Å². The van der Waals surface area contributed by atoms with Crippen LogP contribution in [-0.2, 0) is 0 Å². The van der Waals surface area contributed by atoms with Crippen LogP contribution < -0.4 is 10.6 Å². The van der Waals surface area contributed by atoms with Crippen molar-refractivity contribution in [2.45, 2.75) is 77.5 Å². The van der Waals surface area contributed by atoms with Crippen molar-refractivity contribution in [2.75, 3.05) is 0 Å². The smallest absolute Gasteiger partial charge is 0.0390 e. The molecule has 2 N–H and O–H groups in total. The normalized spacial score (nSPS) is 24.3. The summed E-state index contributed by atoms with van der Waals surface area (Å²) in [5, 5.41) is 9.78. The van der Waals surface area contributed by atoms with Crippen molar-refractivity contribution < 1.29 is 0 Å². The Bertz CT molecular complexity index is 418. The first-order valence-corrected chi connectivity index (χ1v) is 8.16. The Morgan fingerprint density at radius 3 is 2.32 bits per heavy atom. The fraction of sp³-hybridized carbons (Fsp3) is 0.750. The summed E-state index contributed by atoms with van der Waals surface area (Å²) in [5.74, 6) is 0. The summed E-state index contributed by atoms with van der Waals surface area (Å²) in [7, 11) is 0. The third-order valence-corrected chi connectivity index (χ3v) is 5.17. The van der Waals surface area contributed by atoms with Gasteiger partial charge in [-0.2, -0.15) is 0 Å². The average Bonchev–Trinajstić information content (AvgIpc) is 2.58. The largest absolute Gasteiger partial charge is 0.307 e. The molecule has 108 valence electrons. The first-order valence-electron chi connectivity index (χ1n) is 7.28. The van der Waals surface area contributed by atoms with Gasteiger partial charge in [0, 0.05) is 28.0 Å². The zero-order chi connectivity index (χ0) is 14.3. The molecule has 2 nitrogen and oxygen atoms in total. The fourth-order valence-corrected chi connectivity index (χ4v) is 4.64. The molecular formula is C16H28N2S. The van der Waals surface area contributed by atoms with Crippen LogP contribution in [0.5, 0.6) is 0 Å². The van der Waals surface area contributed by atoms with Crippen molar-refractivity contribution in [1.29, 1.82) is 0 Å². The van der Waals surface area contributed by atoms with Gasteiger partial charge in [-0.15, -0.1) is 11.3 Å². The lowest BCUT2D eigenvalue weighted by Crippen LogP contribution is -2.61. The second-order valence-corrected chi connectivity index (χ2v) is 8.30. The Hall–Kier alpha value is -0.380. The van der Waals surface area contributed by atoms with Gasteiger partial charge < -0.3 is 10.6 Å². The maximum atomic E-state index is 3.84. The van der Waals surface area contributed by atoms with Crippen molar-refractivity contribution in [3.8, 4) is 0 Å². The van der Waals surface area contributed by atoms with E-state index >= 15 is 0 Å². The summed E-state index contributed by atoms with van der Waals surface area (Å²) >= 11 is 1.87. The molecule has 0 aromatic carbocycles. The summed E-state index contributed by atoms with van der Waals surface area (Å²) in [6, 6.07) is 3.26. The molecule has 0 radical (unpaired) electrons. The minimum atomic E-state index is 0.212. The zero-order valence-electron chi connectivity index (χ0n) is 13.1. The van der Waals surface area contributed by atoms with Gasteiger partial charge in [0.1, 0.15) is 0 Å². The molecule has 1 unspecified atom stereocenters. The molecule has 0 bridgehead atoms. The molecular weight excluding hydrogens is 252 g/mol. The molecule has 2 heterocycles. The van der Waals surface area contributed by atoms with Crippen LogP contribution in [0.15, 0.2) is 11.4 Å². The number of thiophene rings is 1. The number of piperidine rings is 1. The number of nitrogens with one attached hydrogen (secondary N) is 2. The van der Waals surface area contributed by atoms with E-state index < -0.39 is 0 Å². The SMILES string of the molecule is Cc1ccsc1C(C)NC1CC(C)(C)NC(C)(C)C1. The molecule has 0 amide bonds. The highest BCUT2D eigenvalue weighted by molar-refractivity contribution is 7.10. The molecule has 1 aromatic rings. The second kappa shape index (κ2) is 5.19. The quantitative estimate of drug-likeness (QED) is 0.874. The highest BCUT2D eigenvalue weighted by Gasteiger charge is 2.38. The Labute approximate surface area is 122 Å². The van der Waals surface area contributed by atoms with Crippen molar-refractivity contribution in [3.63, 3.8) is 0 Å². The lowest BCUT2D eigenvalue weighted by molar-refractivity contribution is 0.141. The summed E-state index contributed by atoms with van der Waals surface area (Å²) in [4.78, 5) is 1.48. The Balaban J connectivity index is 2.05. The molecule has 0 spiro atoms. The Morgan fingerprint density at radius 1 is 1.26 bits per heavy atom. The minimum absolute atomic E-state index is 0.212. The van der Waals surface area contributed by atoms with Crippen LogP contribution in [0, 0.1) is 6.92 Å². The zero-order valence-corrected chi connectivity index (χ0v) is 13.9. The van der Waals surface area contributed by atoms with Gasteiger partial charge in [-0.25, -0.2) is 0 Å². The van der Waals surface area contributed by atoms with E-state index in [9.17, 15) is 0 Å². The van der Waals surface area contributed by atoms with Crippen LogP contribution in [0.25, 0.3) is 0 Å². The first kappa shape index (κ1) is 15.0. The monoisotopic (exact) mass is 280 g/mol. The molecule has 1 fully saturated rings. The van der Waals surface area contributed by atoms with E-state index in [1.54, 1.807) is 0 Å². The van der Waals surface area contributed by atoms with Crippen LogP contribution in [-0.4, -0.2) is 17.1 Å². The van der Waals surface area contributed by atoms with Gasteiger partial charge in [-0.3, -0.25) is 0 Å². The summed E-state index contributed by atoms with van der Waals surface area (Å²) in [5.41, 5.74) is 1.84. The van der Waals surface area contributed by atoms with Crippen LogP contribution in [0.4, 0.5) is 0 Å². The molecule has 19 heavy (non-hydrogen) atoms. The van der Waals surface area contributed by atoms with Gasteiger partial charge in [0.25, 0.3) is 0 Å². The molecule has 0 aliphatic carbocycles. The third kappa shape index (κ3) is 3.80. The lowest BCUT2D eigenvalue weighted by Gasteiger charge is -2.47. The van der Waals surface area contributed by atoms with Gasteiger partial charge in [0.15, 0.2) is 0 Å². The number of rotatable bonds is 3. The van der Waals surface area contributed by atoms with Crippen molar-refractivity contribution in [3.05, 3.63) is 21.9 Å². The lowest BCUT2D eigenvalue weighted by atomic mass is 9.79. The summed E-state index contributed by atoms with van der Waals surface area (Å²) in [6.45, 7) is 13.7. The van der Waals surface area contributed by atoms with E-state index in [2.05, 4.69) is 63.6 Å². The van der Waals surface area contributed by atoms with Crippen molar-refractivity contribution >= 4 is 11.3 Å². The van der Waals surface area contributed by atoms with Gasteiger partial charge in [0.05, 0.1) is 0 Å².